The van der Waals surface area contributed by atoms with E-state index in [2.05, 4.69) is 67.7 Å². The third-order valence-corrected chi connectivity index (χ3v) is 5.22. The summed E-state index contributed by atoms with van der Waals surface area (Å²) in [6.45, 7) is 4.45. The van der Waals surface area contributed by atoms with Crippen molar-refractivity contribution < 1.29 is 0 Å². The van der Waals surface area contributed by atoms with E-state index in [0.717, 1.165) is 12.2 Å². The number of aryl methyl sites for hydroxylation is 1. The molecule has 0 spiro atoms. The molecule has 20 heavy (non-hydrogen) atoms. The summed E-state index contributed by atoms with van der Waals surface area (Å²) in [5.74, 6) is 1.14. The maximum absolute atomic E-state index is 3.77. The first-order valence-corrected chi connectivity index (χ1v) is 8.33. The van der Waals surface area contributed by atoms with Crippen molar-refractivity contribution in [3.63, 3.8) is 0 Å². The smallest absolute Gasteiger partial charge is 0.0431 e. The van der Waals surface area contributed by atoms with Crippen molar-refractivity contribution in [2.45, 2.75) is 37.2 Å². The molecule has 0 amide bonds. The van der Waals surface area contributed by atoms with Crippen molar-refractivity contribution in [3.05, 3.63) is 65.2 Å². The first kappa shape index (κ1) is 13.7. The van der Waals surface area contributed by atoms with Crippen LogP contribution in [0.1, 0.15) is 42.6 Å². The van der Waals surface area contributed by atoms with E-state index >= 15 is 0 Å². The fraction of sp³-hybridized carbons (Fsp3) is 0.333. The second kappa shape index (κ2) is 6.02. The van der Waals surface area contributed by atoms with Crippen LogP contribution in [0.3, 0.4) is 0 Å². The molecule has 104 valence electrons. The third kappa shape index (κ3) is 2.77. The van der Waals surface area contributed by atoms with Crippen molar-refractivity contribution in [1.82, 2.24) is 5.32 Å². The monoisotopic (exact) mass is 283 g/mol. The van der Waals surface area contributed by atoms with Gasteiger partial charge in [0.15, 0.2) is 0 Å². The third-order valence-electron chi connectivity index (χ3n) is 4.04. The van der Waals surface area contributed by atoms with Crippen LogP contribution in [0.15, 0.2) is 53.4 Å². The van der Waals surface area contributed by atoms with E-state index in [4.69, 9.17) is 0 Å². The van der Waals surface area contributed by atoms with Gasteiger partial charge in [-0.2, -0.15) is 0 Å². The summed E-state index contributed by atoms with van der Waals surface area (Å²) in [5, 5.41) is 3.77. The molecular weight excluding hydrogens is 262 g/mol. The lowest BCUT2D eigenvalue weighted by Crippen LogP contribution is -2.24. The van der Waals surface area contributed by atoms with Crippen molar-refractivity contribution in [2.75, 3.05) is 5.75 Å². The maximum Gasteiger partial charge on any atom is 0.0431 e. The molecule has 1 heterocycles. The SMILES string of the molecule is CCc1ccc(C(C)NC2CSc3ccccc32)cc1. The van der Waals surface area contributed by atoms with Gasteiger partial charge in [0, 0.05) is 22.7 Å². The molecule has 2 unspecified atom stereocenters. The molecule has 0 radical (unpaired) electrons. The van der Waals surface area contributed by atoms with Crippen LogP contribution in [0.2, 0.25) is 0 Å². The standard InChI is InChI=1S/C18H21NS/c1-3-14-8-10-15(11-9-14)13(2)19-17-12-20-18-7-5-4-6-16(17)18/h4-11,13,17,19H,3,12H2,1-2H3. The number of nitrogens with one attached hydrogen (secondary N) is 1. The Balaban J connectivity index is 1.71. The Bertz CT molecular complexity index is 576. The molecule has 0 saturated heterocycles. The lowest BCUT2D eigenvalue weighted by atomic mass is 10.0. The lowest BCUT2D eigenvalue weighted by molar-refractivity contribution is 0.501. The zero-order valence-corrected chi connectivity index (χ0v) is 12.9. The molecule has 2 aromatic rings. The van der Waals surface area contributed by atoms with Crippen molar-refractivity contribution in [2.24, 2.45) is 0 Å². The zero-order chi connectivity index (χ0) is 13.9. The molecule has 0 fully saturated rings. The zero-order valence-electron chi connectivity index (χ0n) is 12.1. The molecule has 1 aliphatic heterocycles. The number of hydrogen-bond acceptors (Lipinski definition) is 2. The highest BCUT2D eigenvalue weighted by molar-refractivity contribution is 7.99. The molecule has 1 N–H and O–H groups in total. The summed E-state index contributed by atoms with van der Waals surface area (Å²) in [6.07, 6.45) is 1.11. The Hall–Kier alpha value is -1.25. The van der Waals surface area contributed by atoms with Crippen molar-refractivity contribution in [1.29, 1.82) is 0 Å². The molecule has 2 atom stereocenters. The number of benzene rings is 2. The van der Waals surface area contributed by atoms with E-state index in [-0.39, 0.29) is 0 Å². The Kier molecular flexibility index (Phi) is 4.13. The summed E-state index contributed by atoms with van der Waals surface area (Å²) < 4.78 is 0. The Morgan fingerprint density at radius 3 is 2.65 bits per heavy atom. The van der Waals surface area contributed by atoms with Crippen molar-refractivity contribution >= 4 is 11.8 Å². The van der Waals surface area contributed by atoms with Gasteiger partial charge in [-0.3, -0.25) is 0 Å². The molecule has 0 bridgehead atoms. The van der Waals surface area contributed by atoms with Gasteiger partial charge >= 0.3 is 0 Å². The molecule has 1 nitrogen and oxygen atoms in total. The molecular formula is C18H21NS. The average Bonchev–Trinajstić information content (AvgIpc) is 2.91. The fourth-order valence-corrected chi connectivity index (χ4v) is 3.91. The van der Waals surface area contributed by atoms with E-state index in [0.29, 0.717) is 12.1 Å². The highest BCUT2D eigenvalue weighted by atomic mass is 32.2. The summed E-state index contributed by atoms with van der Waals surface area (Å²) in [4.78, 5) is 1.43. The van der Waals surface area contributed by atoms with Crippen LogP contribution in [-0.2, 0) is 6.42 Å². The highest BCUT2D eigenvalue weighted by Crippen LogP contribution is 2.38. The van der Waals surface area contributed by atoms with Gasteiger partial charge in [0.05, 0.1) is 0 Å². The van der Waals surface area contributed by atoms with Crippen LogP contribution < -0.4 is 5.32 Å². The van der Waals surface area contributed by atoms with Gasteiger partial charge in [0.25, 0.3) is 0 Å². The first-order chi connectivity index (χ1) is 9.78. The molecule has 2 aromatic carbocycles. The van der Waals surface area contributed by atoms with Crippen LogP contribution >= 0.6 is 11.8 Å². The van der Waals surface area contributed by atoms with Crippen LogP contribution in [0.25, 0.3) is 0 Å². The number of rotatable bonds is 4. The first-order valence-electron chi connectivity index (χ1n) is 7.34. The second-order valence-electron chi connectivity index (χ2n) is 5.38. The summed E-state index contributed by atoms with van der Waals surface area (Å²) in [7, 11) is 0. The molecule has 0 saturated carbocycles. The minimum absolute atomic E-state index is 0.387. The molecule has 0 aromatic heterocycles. The predicted octanol–water partition coefficient (Wildman–Crippen LogP) is 4.75. The Morgan fingerprint density at radius 2 is 1.90 bits per heavy atom. The van der Waals surface area contributed by atoms with E-state index in [1.54, 1.807) is 0 Å². The van der Waals surface area contributed by atoms with Crippen molar-refractivity contribution in [3.8, 4) is 0 Å². The number of thioether (sulfide) groups is 1. The van der Waals surface area contributed by atoms with Gasteiger partial charge in [0.1, 0.15) is 0 Å². The quantitative estimate of drug-likeness (QED) is 0.869. The summed E-state index contributed by atoms with van der Waals surface area (Å²) in [6, 6.07) is 18.6. The average molecular weight is 283 g/mol. The summed E-state index contributed by atoms with van der Waals surface area (Å²) >= 11 is 1.96. The van der Waals surface area contributed by atoms with Gasteiger partial charge < -0.3 is 5.32 Å². The highest BCUT2D eigenvalue weighted by Gasteiger charge is 2.23. The minimum atomic E-state index is 0.387. The summed E-state index contributed by atoms with van der Waals surface area (Å²) in [5.41, 5.74) is 4.23. The number of fused-ring (bicyclic) bond motifs is 1. The van der Waals surface area contributed by atoms with Crippen LogP contribution in [0.5, 0.6) is 0 Å². The molecule has 1 aliphatic rings. The van der Waals surface area contributed by atoms with Gasteiger partial charge in [-0.15, -0.1) is 11.8 Å². The minimum Gasteiger partial charge on any atom is -0.303 e. The van der Waals surface area contributed by atoms with Gasteiger partial charge in [-0.05, 0) is 36.1 Å². The predicted molar refractivity (Wildman–Crippen MR) is 87.3 cm³/mol. The van der Waals surface area contributed by atoms with Crippen LogP contribution in [-0.4, -0.2) is 5.75 Å². The normalized spacial score (nSPS) is 18.8. The van der Waals surface area contributed by atoms with E-state index in [9.17, 15) is 0 Å². The maximum atomic E-state index is 3.77. The topological polar surface area (TPSA) is 12.0 Å². The lowest BCUT2D eigenvalue weighted by Gasteiger charge is -2.20. The largest absolute Gasteiger partial charge is 0.303 e. The fourth-order valence-electron chi connectivity index (χ4n) is 2.74. The Morgan fingerprint density at radius 1 is 1.15 bits per heavy atom. The van der Waals surface area contributed by atoms with E-state index < -0.39 is 0 Å². The second-order valence-corrected chi connectivity index (χ2v) is 6.45. The number of hydrogen-bond donors (Lipinski definition) is 1. The van der Waals surface area contributed by atoms with Gasteiger partial charge in [-0.25, -0.2) is 0 Å². The van der Waals surface area contributed by atoms with Crippen LogP contribution in [0.4, 0.5) is 0 Å². The van der Waals surface area contributed by atoms with Gasteiger partial charge in [-0.1, -0.05) is 49.4 Å². The molecule has 3 rings (SSSR count). The van der Waals surface area contributed by atoms with Gasteiger partial charge in [0.2, 0.25) is 0 Å². The van der Waals surface area contributed by atoms with Crippen LogP contribution in [0, 0.1) is 0 Å². The Labute approximate surface area is 125 Å². The van der Waals surface area contributed by atoms with E-state index in [1.165, 1.54) is 21.6 Å². The molecule has 2 heteroatoms. The molecule has 0 aliphatic carbocycles. The van der Waals surface area contributed by atoms with E-state index in [1.807, 2.05) is 11.8 Å².